The number of carbonyl (C=O) groups excluding carboxylic acids is 1. The van der Waals surface area contributed by atoms with Crippen LogP contribution in [0.3, 0.4) is 0 Å². The van der Waals surface area contributed by atoms with Gasteiger partial charge in [0, 0.05) is 31.3 Å². The molecule has 0 aromatic carbocycles. The van der Waals surface area contributed by atoms with Gasteiger partial charge in [-0.05, 0) is 25.0 Å². The number of rotatable bonds is 5. The SMILES string of the molecule is CC[C@@H](NC(=O)c1cn(-c2ncc(F)cc2F)c2nc(N3CC4CC4(O)C3)ccc2c1=O)C(F)(F)F. The highest BCUT2D eigenvalue weighted by atomic mass is 19.4. The number of pyridine rings is 3. The highest BCUT2D eigenvalue weighted by Crippen LogP contribution is 2.50. The smallest absolute Gasteiger partial charge is 0.388 e. The van der Waals surface area contributed by atoms with Gasteiger partial charge in [0.05, 0.1) is 17.2 Å². The number of hydrogen-bond donors (Lipinski definition) is 2. The van der Waals surface area contributed by atoms with Crippen LogP contribution in [0.1, 0.15) is 30.1 Å². The molecule has 5 rings (SSSR count). The monoisotopic (exact) mass is 509 g/mol. The van der Waals surface area contributed by atoms with Crippen molar-refractivity contribution in [3.63, 3.8) is 0 Å². The second-order valence-electron chi connectivity index (χ2n) is 9.10. The standard InChI is InChI=1S/C23H20F5N5O3/c1-2-16(23(26,27)28)30-21(35)14-9-33(20-15(25)5-12(24)7-29-20)19-13(18(14)34)3-4-17(31-19)32-8-11-6-22(11,36)10-32/h3-5,7,9,11,16,36H,2,6,8,10H2,1H3,(H,30,35)/t11?,16-,22?/m1/s1. The van der Waals surface area contributed by atoms with E-state index >= 15 is 0 Å². The van der Waals surface area contributed by atoms with Crippen molar-refractivity contribution in [2.75, 3.05) is 18.0 Å². The molecule has 4 heterocycles. The van der Waals surface area contributed by atoms with Crippen LogP contribution in [0.25, 0.3) is 16.9 Å². The number of fused-ring (bicyclic) bond motifs is 2. The average molecular weight is 509 g/mol. The van der Waals surface area contributed by atoms with Gasteiger partial charge in [-0.1, -0.05) is 6.92 Å². The molecule has 0 bridgehead atoms. The third kappa shape index (κ3) is 4.06. The number of halogens is 5. The molecular formula is C23H20F5N5O3. The third-order valence-corrected chi connectivity index (χ3v) is 6.64. The van der Waals surface area contributed by atoms with Crippen LogP contribution in [0.5, 0.6) is 0 Å². The second kappa shape index (κ2) is 8.22. The molecule has 8 nitrogen and oxygen atoms in total. The van der Waals surface area contributed by atoms with Gasteiger partial charge in [-0.2, -0.15) is 13.2 Å². The summed E-state index contributed by atoms with van der Waals surface area (Å²) in [6.45, 7) is 2.04. The van der Waals surface area contributed by atoms with E-state index in [-0.39, 0.29) is 17.0 Å². The zero-order chi connectivity index (χ0) is 26.0. The minimum absolute atomic E-state index is 0.0830. The van der Waals surface area contributed by atoms with Gasteiger partial charge >= 0.3 is 6.18 Å². The molecule has 1 aliphatic heterocycles. The number of amides is 1. The van der Waals surface area contributed by atoms with Crippen molar-refractivity contribution < 1.29 is 31.9 Å². The highest BCUT2D eigenvalue weighted by molar-refractivity contribution is 5.97. The fourth-order valence-electron chi connectivity index (χ4n) is 4.56. The number of piperidine rings is 1. The molecule has 2 fully saturated rings. The Labute approximate surface area is 200 Å². The van der Waals surface area contributed by atoms with Crippen molar-refractivity contribution in [3.8, 4) is 5.82 Å². The number of hydrogen-bond acceptors (Lipinski definition) is 6. The summed E-state index contributed by atoms with van der Waals surface area (Å²) in [5, 5.41) is 12.0. The first-order chi connectivity index (χ1) is 16.9. The molecule has 0 radical (unpaired) electrons. The lowest BCUT2D eigenvalue weighted by Crippen LogP contribution is -2.46. The molecule has 3 aromatic heterocycles. The maximum atomic E-state index is 14.7. The second-order valence-corrected chi connectivity index (χ2v) is 9.10. The van der Waals surface area contributed by atoms with Crippen LogP contribution in [-0.4, -0.2) is 56.5 Å². The first-order valence-corrected chi connectivity index (χ1v) is 11.1. The summed E-state index contributed by atoms with van der Waals surface area (Å²) in [4.78, 5) is 35.8. The molecule has 1 aliphatic carbocycles. The number of anilines is 1. The van der Waals surface area contributed by atoms with Crippen molar-refractivity contribution in [2.24, 2.45) is 5.92 Å². The summed E-state index contributed by atoms with van der Waals surface area (Å²) in [5.74, 6) is -3.50. The normalized spacial score (nSPS) is 22.0. The van der Waals surface area contributed by atoms with Crippen LogP contribution in [0.2, 0.25) is 0 Å². The van der Waals surface area contributed by atoms with Gasteiger partial charge in [0.1, 0.15) is 23.2 Å². The largest absolute Gasteiger partial charge is 0.408 e. The van der Waals surface area contributed by atoms with Gasteiger partial charge in [0.15, 0.2) is 17.3 Å². The van der Waals surface area contributed by atoms with Gasteiger partial charge < -0.3 is 15.3 Å². The van der Waals surface area contributed by atoms with Crippen LogP contribution in [-0.2, 0) is 0 Å². The number of carbonyl (C=O) groups is 1. The van der Waals surface area contributed by atoms with E-state index in [0.29, 0.717) is 37.6 Å². The maximum Gasteiger partial charge on any atom is 0.408 e. The van der Waals surface area contributed by atoms with E-state index in [1.54, 1.807) is 10.2 Å². The summed E-state index contributed by atoms with van der Waals surface area (Å²) in [5.41, 5.74) is -2.55. The Bertz CT molecular complexity index is 1440. The van der Waals surface area contributed by atoms with E-state index in [9.17, 15) is 36.6 Å². The third-order valence-electron chi connectivity index (χ3n) is 6.64. The van der Waals surface area contributed by atoms with Crippen molar-refractivity contribution in [3.05, 3.63) is 58.0 Å². The molecular weight excluding hydrogens is 489 g/mol. The Balaban J connectivity index is 1.65. The van der Waals surface area contributed by atoms with Crippen LogP contribution in [0.15, 0.2) is 35.4 Å². The summed E-state index contributed by atoms with van der Waals surface area (Å²) in [7, 11) is 0. The molecule has 1 saturated carbocycles. The molecule has 1 saturated heterocycles. The Hall–Kier alpha value is -3.61. The predicted octanol–water partition coefficient (Wildman–Crippen LogP) is 2.70. The number of alkyl halides is 3. The molecule has 1 amide bonds. The van der Waals surface area contributed by atoms with Crippen LogP contribution in [0.4, 0.5) is 27.8 Å². The van der Waals surface area contributed by atoms with Gasteiger partial charge in [-0.3, -0.25) is 14.2 Å². The zero-order valence-electron chi connectivity index (χ0n) is 18.8. The van der Waals surface area contributed by atoms with Gasteiger partial charge in [0.25, 0.3) is 5.91 Å². The number of nitrogens with one attached hydrogen (secondary N) is 1. The fraction of sp³-hybridized carbons (Fsp3) is 0.391. The summed E-state index contributed by atoms with van der Waals surface area (Å²) in [6, 6.07) is 1.13. The number of β-amino-alcohol motifs (C(OH)–C–C–N with tert-alkyl or cyclic N) is 1. The molecule has 2 aliphatic rings. The molecule has 3 atom stereocenters. The quantitative estimate of drug-likeness (QED) is 0.514. The first-order valence-electron chi connectivity index (χ1n) is 11.1. The molecule has 2 N–H and O–H groups in total. The van der Waals surface area contributed by atoms with Gasteiger partial charge in [-0.25, -0.2) is 18.7 Å². The van der Waals surface area contributed by atoms with Crippen molar-refractivity contribution in [1.29, 1.82) is 0 Å². The molecule has 3 aromatic rings. The van der Waals surface area contributed by atoms with E-state index in [2.05, 4.69) is 9.97 Å². The minimum atomic E-state index is -4.75. The lowest BCUT2D eigenvalue weighted by molar-refractivity contribution is -0.153. The average Bonchev–Trinajstić information content (AvgIpc) is 3.32. The van der Waals surface area contributed by atoms with E-state index in [1.165, 1.54) is 19.1 Å². The Morgan fingerprint density at radius 3 is 2.69 bits per heavy atom. The summed E-state index contributed by atoms with van der Waals surface area (Å²) >= 11 is 0. The van der Waals surface area contributed by atoms with Crippen LogP contribution < -0.4 is 15.6 Å². The Morgan fingerprint density at radius 1 is 1.33 bits per heavy atom. The predicted molar refractivity (Wildman–Crippen MR) is 118 cm³/mol. The number of aliphatic hydroxyl groups is 1. The lowest BCUT2D eigenvalue weighted by Gasteiger charge is -2.22. The van der Waals surface area contributed by atoms with Crippen molar-refractivity contribution >= 4 is 22.8 Å². The molecule has 2 unspecified atom stereocenters. The first kappa shape index (κ1) is 24.1. The van der Waals surface area contributed by atoms with Gasteiger partial charge in [-0.15, -0.1) is 0 Å². The van der Waals surface area contributed by atoms with Gasteiger partial charge in [0.2, 0.25) is 5.43 Å². The molecule has 36 heavy (non-hydrogen) atoms. The van der Waals surface area contributed by atoms with E-state index in [4.69, 9.17) is 0 Å². The topological polar surface area (TPSA) is 100 Å². The van der Waals surface area contributed by atoms with Crippen LogP contribution >= 0.6 is 0 Å². The van der Waals surface area contributed by atoms with E-state index in [1.807, 2.05) is 0 Å². The lowest BCUT2D eigenvalue weighted by atomic mass is 10.1. The summed E-state index contributed by atoms with van der Waals surface area (Å²) < 4.78 is 68.8. The highest BCUT2D eigenvalue weighted by Gasteiger charge is 2.59. The molecule has 0 spiro atoms. The number of nitrogens with zero attached hydrogens (tertiary/aromatic N) is 4. The van der Waals surface area contributed by atoms with Crippen LogP contribution in [0, 0.1) is 17.6 Å². The fourth-order valence-corrected chi connectivity index (χ4v) is 4.56. The van der Waals surface area contributed by atoms with Crippen molar-refractivity contribution in [1.82, 2.24) is 19.9 Å². The molecule has 190 valence electrons. The van der Waals surface area contributed by atoms with Crippen molar-refractivity contribution in [2.45, 2.75) is 37.6 Å². The number of aromatic nitrogens is 3. The summed E-state index contributed by atoms with van der Waals surface area (Å²) in [6.07, 6.45) is -2.99. The Kier molecular flexibility index (Phi) is 5.50. The Morgan fingerprint density at radius 2 is 2.08 bits per heavy atom. The van der Waals surface area contributed by atoms with E-state index < -0.39 is 58.6 Å². The molecule has 13 heteroatoms. The minimum Gasteiger partial charge on any atom is -0.388 e. The maximum absolute atomic E-state index is 14.7. The van der Waals surface area contributed by atoms with E-state index in [0.717, 1.165) is 10.8 Å². The zero-order valence-corrected chi connectivity index (χ0v) is 18.8.